The molecule has 1 aliphatic heterocycles. The molecule has 0 amide bonds. The van der Waals surface area contributed by atoms with Crippen LogP contribution in [0.4, 0.5) is 0 Å². The first-order chi connectivity index (χ1) is 9.09. The van der Waals surface area contributed by atoms with Gasteiger partial charge < -0.3 is 14.6 Å². The fraction of sp³-hybridized carbons (Fsp3) is 0.692. The van der Waals surface area contributed by atoms with Crippen LogP contribution >= 0.6 is 0 Å². The molecule has 1 aromatic rings. The van der Waals surface area contributed by atoms with Crippen molar-refractivity contribution < 1.29 is 4.74 Å². The molecular weight excluding hydrogens is 246 g/mol. The second kappa shape index (κ2) is 6.16. The zero-order valence-electron chi connectivity index (χ0n) is 11.5. The molecule has 19 heavy (non-hydrogen) atoms. The molecule has 2 rings (SSSR count). The Kier molecular flexibility index (Phi) is 4.55. The normalized spacial score (nSPS) is 16.7. The average molecular weight is 267 g/mol. The van der Waals surface area contributed by atoms with Crippen LogP contribution in [-0.2, 0) is 25.4 Å². The number of hydrogen-bond acceptors (Lipinski definition) is 4. The van der Waals surface area contributed by atoms with E-state index in [1.54, 1.807) is 13.2 Å². The molecule has 1 aliphatic rings. The minimum absolute atomic E-state index is 0.220. The van der Waals surface area contributed by atoms with E-state index in [2.05, 4.69) is 5.32 Å². The molecule has 1 aromatic heterocycles. The van der Waals surface area contributed by atoms with Gasteiger partial charge in [-0.3, -0.25) is 9.36 Å². The molecular formula is C13H21N3O3. The summed E-state index contributed by atoms with van der Waals surface area (Å²) in [6.45, 7) is 3.04. The van der Waals surface area contributed by atoms with Gasteiger partial charge in [0, 0.05) is 45.6 Å². The summed E-state index contributed by atoms with van der Waals surface area (Å²) in [5, 5.41) is 3.30. The van der Waals surface area contributed by atoms with Crippen LogP contribution in [0.2, 0.25) is 0 Å². The summed E-state index contributed by atoms with van der Waals surface area (Å²) in [6.07, 6.45) is 3.75. The van der Waals surface area contributed by atoms with Crippen molar-refractivity contribution in [2.45, 2.75) is 19.4 Å². The van der Waals surface area contributed by atoms with Crippen LogP contribution in [0.5, 0.6) is 0 Å². The first-order valence-electron chi connectivity index (χ1n) is 6.63. The second-order valence-corrected chi connectivity index (χ2v) is 5.10. The van der Waals surface area contributed by atoms with Crippen molar-refractivity contribution in [1.29, 1.82) is 0 Å². The molecule has 0 spiro atoms. The molecule has 1 saturated heterocycles. The van der Waals surface area contributed by atoms with E-state index in [4.69, 9.17) is 4.74 Å². The van der Waals surface area contributed by atoms with Crippen molar-refractivity contribution in [3.63, 3.8) is 0 Å². The number of aromatic nitrogens is 2. The van der Waals surface area contributed by atoms with E-state index in [9.17, 15) is 9.59 Å². The monoisotopic (exact) mass is 267 g/mol. The van der Waals surface area contributed by atoms with E-state index >= 15 is 0 Å². The number of nitrogens with one attached hydrogen (secondary N) is 1. The largest absolute Gasteiger partial charge is 0.381 e. The third kappa shape index (κ3) is 3.33. The maximum Gasteiger partial charge on any atom is 0.330 e. The first kappa shape index (κ1) is 14.0. The van der Waals surface area contributed by atoms with E-state index in [0.717, 1.165) is 37.2 Å². The van der Waals surface area contributed by atoms with Gasteiger partial charge in [-0.05, 0) is 25.3 Å². The van der Waals surface area contributed by atoms with Crippen molar-refractivity contribution in [3.05, 3.63) is 32.6 Å². The van der Waals surface area contributed by atoms with Crippen molar-refractivity contribution >= 4 is 0 Å². The summed E-state index contributed by atoms with van der Waals surface area (Å²) in [7, 11) is 3.16. The fourth-order valence-electron chi connectivity index (χ4n) is 2.37. The summed E-state index contributed by atoms with van der Waals surface area (Å²) in [6, 6.07) is 0. The number of rotatable bonds is 4. The number of nitrogens with zero attached hydrogens (tertiary/aromatic N) is 2. The highest BCUT2D eigenvalue weighted by atomic mass is 16.5. The average Bonchev–Trinajstić information content (AvgIpc) is 2.43. The number of ether oxygens (including phenoxy) is 1. The summed E-state index contributed by atoms with van der Waals surface area (Å²) in [5.41, 5.74) is 0.109. The molecule has 0 saturated carbocycles. The maximum atomic E-state index is 11.9. The highest BCUT2D eigenvalue weighted by molar-refractivity contribution is 5.05. The lowest BCUT2D eigenvalue weighted by atomic mass is 10.0. The van der Waals surface area contributed by atoms with Crippen LogP contribution < -0.4 is 16.6 Å². The van der Waals surface area contributed by atoms with Gasteiger partial charge in [-0.15, -0.1) is 0 Å². The predicted octanol–water partition coefficient (Wildman–Crippen LogP) is -0.400. The van der Waals surface area contributed by atoms with Gasteiger partial charge in [-0.1, -0.05) is 0 Å². The number of aryl methyl sites for hydroxylation is 1. The SMILES string of the molecule is Cn1cc(CNCC2CCOCC2)c(=O)n(C)c1=O. The molecule has 0 aromatic carbocycles. The Morgan fingerprint density at radius 1 is 1.32 bits per heavy atom. The molecule has 0 radical (unpaired) electrons. The highest BCUT2D eigenvalue weighted by Crippen LogP contribution is 2.13. The molecule has 0 unspecified atom stereocenters. The quantitative estimate of drug-likeness (QED) is 0.806. The van der Waals surface area contributed by atoms with Crippen molar-refractivity contribution in [2.24, 2.45) is 20.0 Å². The van der Waals surface area contributed by atoms with Gasteiger partial charge in [0.05, 0.1) is 0 Å². The molecule has 6 heteroatoms. The zero-order chi connectivity index (χ0) is 13.8. The van der Waals surface area contributed by atoms with E-state index in [1.165, 1.54) is 11.6 Å². The predicted molar refractivity (Wildman–Crippen MR) is 72.2 cm³/mol. The van der Waals surface area contributed by atoms with Crippen molar-refractivity contribution in [2.75, 3.05) is 19.8 Å². The zero-order valence-corrected chi connectivity index (χ0v) is 11.5. The van der Waals surface area contributed by atoms with E-state index in [1.807, 2.05) is 0 Å². The molecule has 0 atom stereocenters. The van der Waals surface area contributed by atoms with Gasteiger partial charge in [0.2, 0.25) is 0 Å². The summed E-state index contributed by atoms with van der Waals surface area (Å²) in [4.78, 5) is 23.5. The third-order valence-electron chi connectivity index (χ3n) is 3.61. The molecule has 106 valence electrons. The Morgan fingerprint density at radius 3 is 2.68 bits per heavy atom. The maximum absolute atomic E-state index is 11.9. The Labute approximate surface area is 112 Å². The van der Waals surface area contributed by atoms with Crippen molar-refractivity contribution in [1.82, 2.24) is 14.5 Å². The molecule has 1 fully saturated rings. The molecule has 0 bridgehead atoms. The summed E-state index contributed by atoms with van der Waals surface area (Å²) in [5.74, 6) is 0.616. The minimum atomic E-state index is -0.293. The Balaban J connectivity index is 1.96. The Morgan fingerprint density at radius 2 is 2.00 bits per heavy atom. The van der Waals surface area contributed by atoms with E-state index in [-0.39, 0.29) is 11.2 Å². The van der Waals surface area contributed by atoms with Crippen LogP contribution in [0, 0.1) is 5.92 Å². The summed E-state index contributed by atoms with van der Waals surface area (Å²) < 4.78 is 7.89. The van der Waals surface area contributed by atoms with Crippen LogP contribution in [0.15, 0.2) is 15.8 Å². The van der Waals surface area contributed by atoms with Gasteiger partial charge in [0.25, 0.3) is 5.56 Å². The van der Waals surface area contributed by atoms with Crippen molar-refractivity contribution in [3.8, 4) is 0 Å². The Bertz CT molecular complexity index is 541. The topological polar surface area (TPSA) is 65.3 Å². The second-order valence-electron chi connectivity index (χ2n) is 5.10. The molecule has 1 N–H and O–H groups in total. The third-order valence-corrected chi connectivity index (χ3v) is 3.61. The first-order valence-corrected chi connectivity index (χ1v) is 6.63. The lowest BCUT2D eigenvalue weighted by Crippen LogP contribution is -2.40. The van der Waals surface area contributed by atoms with Gasteiger partial charge in [0.1, 0.15) is 0 Å². The standard InChI is InChI=1S/C13H21N3O3/c1-15-9-11(12(17)16(2)13(15)18)8-14-7-10-3-5-19-6-4-10/h9-10,14H,3-8H2,1-2H3. The smallest absolute Gasteiger partial charge is 0.330 e. The summed E-state index contributed by atoms with van der Waals surface area (Å²) >= 11 is 0. The fourth-order valence-corrected chi connectivity index (χ4v) is 2.37. The van der Waals surface area contributed by atoms with Gasteiger partial charge in [-0.25, -0.2) is 4.79 Å². The van der Waals surface area contributed by atoms with E-state index < -0.39 is 0 Å². The molecule has 2 heterocycles. The van der Waals surface area contributed by atoms with Crippen LogP contribution in [-0.4, -0.2) is 28.9 Å². The van der Waals surface area contributed by atoms with Crippen LogP contribution in [0.1, 0.15) is 18.4 Å². The Hall–Kier alpha value is -1.40. The van der Waals surface area contributed by atoms with Gasteiger partial charge in [0.15, 0.2) is 0 Å². The van der Waals surface area contributed by atoms with Crippen LogP contribution in [0.3, 0.4) is 0 Å². The highest BCUT2D eigenvalue weighted by Gasteiger charge is 2.13. The minimum Gasteiger partial charge on any atom is -0.381 e. The molecule has 0 aliphatic carbocycles. The van der Waals surface area contributed by atoms with Gasteiger partial charge in [-0.2, -0.15) is 0 Å². The molecule has 6 nitrogen and oxygen atoms in total. The number of hydrogen-bond donors (Lipinski definition) is 1. The lowest BCUT2D eigenvalue weighted by Gasteiger charge is -2.22. The van der Waals surface area contributed by atoms with Crippen LogP contribution in [0.25, 0.3) is 0 Å². The van der Waals surface area contributed by atoms with Gasteiger partial charge >= 0.3 is 5.69 Å². The lowest BCUT2D eigenvalue weighted by molar-refractivity contribution is 0.0662. The van der Waals surface area contributed by atoms with E-state index in [0.29, 0.717) is 18.0 Å².